The third-order valence-electron chi connectivity index (χ3n) is 4.86. The van der Waals surface area contributed by atoms with Crippen molar-refractivity contribution in [2.75, 3.05) is 11.1 Å². The molecule has 7 nitrogen and oxygen atoms in total. The van der Waals surface area contributed by atoms with Gasteiger partial charge < -0.3 is 11.1 Å². The first-order chi connectivity index (χ1) is 15.7. The summed E-state index contributed by atoms with van der Waals surface area (Å²) in [7, 11) is 0. The van der Waals surface area contributed by atoms with Gasteiger partial charge >= 0.3 is 0 Å². The zero-order valence-electron chi connectivity index (χ0n) is 16.9. The smallest absolute Gasteiger partial charge is 0.222 e. The molecule has 154 valence electrons. The van der Waals surface area contributed by atoms with Gasteiger partial charge in [-0.15, -0.1) is 0 Å². The van der Waals surface area contributed by atoms with Crippen LogP contribution in [-0.4, -0.2) is 19.9 Å². The molecule has 3 heterocycles. The van der Waals surface area contributed by atoms with E-state index in [1.807, 2.05) is 48.5 Å². The number of rotatable bonds is 5. The molecule has 0 saturated carbocycles. The normalized spacial score (nSPS) is 10.7. The lowest BCUT2D eigenvalue weighted by molar-refractivity contribution is 1.04. The molecule has 0 saturated heterocycles. The van der Waals surface area contributed by atoms with Crippen molar-refractivity contribution < 1.29 is 0 Å². The average molecular weight is 436 g/mol. The summed E-state index contributed by atoms with van der Waals surface area (Å²) < 4.78 is 1.03. The highest BCUT2D eigenvalue weighted by molar-refractivity contribution is 7.22. The van der Waals surface area contributed by atoms with Crippen molar-refractivity contribution in [2.45, 2.75) is 6.42 Å². The first-order valence-corrected chi connectivity index (χ1v) is 10.7. The number of pyridine rings is 1. The highest BCUT2D eigenvalue weighted by Crippen LogP contribution is 2.31. The molecule has 3 aromatic heterocycles. The average Bonchev–Trinajstić information content (AvgIpc) is 3.21. The number of nitriles is 1. The maximum Gasteiger partial charge on any atom is 0.222 e. The molecule has 8 heteroatoms. The zero-order valence-corrected chi connectivity index (χ0v) is 17.7. The maximum absolute atomic E-state index is 8.93. The molecular formula is C24H17N7S. The van der Waals surface area contributed by atoms with E-state index in [9.17, 15) is 0 Å². The van der Waals surface area contributed by atoms with Crippen LogP contribution in [0.1, 0.15) is 17.0 Å². The van der Waals surface area contributed by atoms with Crippen LogP contribution in [-0.2, 0) is 6.42 Å². The molecule has 0 bridgehead atoms. The molecule has 0 unspecified atom stereocenters. The molecule has 0 aliphatic heterocycles. The summed E-state index contributed by atoms with van der Waals surface area (Å²) in [5.74, 6) is 0.830. The molecule has 32 heavy (non-hydrogen) atoms. The van der Waals surface area contributed by atoms with Gasteiger partial charge in [-0.2, -0.15) is 10.2 Å². The Labute approximate surface area is 188 Å². The van der Waals surface area contributed by atoms with E-state index in [1.54, 1.807) is 12.3 Å². The highest BCUT2D eigenvalue weighted by Gasteiger charge is 2.09. The van der Waals surface area contributed by atoms with Crippen LogP contribution in [0.4, 0.5) is 16.9 Å². The minimum atomic E-state index is 0.220. The molecule has 5 rings (SSSR count). The lowest BCUT2D eigenvalue weighted by Crippen LogP contribution is -2.03. The first kappa shape index (κ1) is 19.6. The predicted molar refractivity (Wildman–Crippen MR) is 127 cm³/mol. The maximum atomic E-state index is 8.93. The van der Waals surface area contributed by atoms with Crippen LogP contribution < -0.4 is 11.1 Å². The summed E-state index contributed by atoms with van der Waals surface area (Å²) in [5, 5.41) is 12.9. The molecule has 0 aliphatic carbocycles. The van der Waals surface area contributed by atoms with Crippen LogP contribution in [0.15, 0.2) is 72.9 Å². The number of anilines is 3. The van der Waals surface area contributed by atoms with E-state index in [0.29, 0.717) is 17.9 Å². The van der Waals surface area contributed by atoms with E-state index in [4.69, 9.17) is 11.0 Å². The van der Waals surface area contributed by atoms with Crippen molar-refractivity contribution in [3.8, 4) is 17.2 Å². The fraction of sp³-hybridized carbons (Fsp3) is 0.0417. The Morgan fingerprint density at radius 1 is 0.938 bits per heavy atom. The molecule has 0 amide bonds. The second-order valence-corrected chi connectivity index (χ2v) is 8.17. The Morgan fingerprint density at radius 3 is 2.56 bits per heavy atom. The monoisotopic (exact) mass is 435 g/mol. The van der Waals surface area contributed by atoms with E-state index in [-0.39, 0.29) is 5.95 Å². The van der Waals surface area contributed by atoms with Gasteiger partial charge in [0.2, 0.25) is 5.95 Å². The summed E-state index contributed by atoms with van der Waals surface area (Å²) in [6, 6.07) is 23.7. The predicted octanol–water partition coefficient (Wildman–Crippen LogP) is 4.94. The number of benzene rings is 2. The molecule has 0 spiro atoms. The number of nitrogens with one attached hydrogen (secondary N) is 1. The first-order valence-electron chi connectivity index (χ1n) is 9.88. The van der Waals surface area contributed by atoms with Crippen LogP contribution in [0.2, 0.25) is 0 Å². The van der Waals surface area contributed by atoms with Gasteiger partial charge in [-0.05, 0) is 35.4 Å². The summed E-state index contributed by atoms with van der Waals surface area (Å²) >= 11 is 1.53. The Hall–Kier alpha value is -4.35. The van der Waals surface area contributed by atoms with Crippen molar-refractivity contribution in [1.82, 2.24) is 19.9 Å². The summed E-state index contributed by atoms with van der Waals surface area (Å²) in [6.45, 7) is 0. The highest BCUT2D eigenvalue weighted by atomic mass is 32.1. The molecule has 0 atom stereocenters. The van der Waals surface area contributed by atoms with Crippen LogP contribution in [0.25, 0.3) is 21.3 Å². The second-order valence-electron chi connectivity index (χ2n) is 7.14. The van der Waals surface area contributed by atoms with Gasteiger partial charge in [0.1, 0.15) is 17.6 Å². The van der Waals surface area contributed by atoms with Crippen molar-refractivity contribution in [3.05, 3.63) is 89.9 Å². The molecule has 3 N–H and O–H groups in total. The number of nitrogens with zero attached hydrogens (tertiary/aromatic N) is 5. The third kappa shape index (κ3) is 4.24. The minimum absolute atomic E-state index is 0.220. The molecule has 0 fully saturated rings. The SMILES string of the molecule is N#Cc1ccc(-c2ccc3nc(Nc4cc(Cc5ccccc5)nc(N)n4)sc3c2)cn1. The molecule has 0 radical (unpaired) electrons. The molecule has 5 aromatic rings. The summed E-state index contributed by atoms with van der Waals surface area (Å²) in [4.78, 5) is 17.5. The van der Waals surface area contributed by atoms with E-state index >= 15 is 0 Å². The van der Waals surface area contributed by atoms with Crippen LogP contribution in [0, 0.1) is 11.3 Å². The van der Waals surface area contributed by atoms with Gasteiger partial charge in [0.15, 0.2) is 5.13 Å². The van der Waals surface area contributed by atoms with Gasteiger partial charge in [-0.1, -0.05) is 47.7 Å². The van der Waals surface area contributed by atoms with Crippen molar-refractivity contribution in [1.29, 1.82) is 5.26 Å². The number of nitrogen functional groups attached to an aromatic ring is 1. The van der Waals surface area contributed by atoms with E-state index < -0.39 is 0 Å². The third-order valence-corrected chi connectivity index (χ3v) is 5.79. The lowest BCUT2D eigenvalue weighted by Gasteiger charge is -2.06. The van der Waals surface area contributed by atoms with Crippen molar-refractivity contribution in [3.63, 3.8) is 0 Å². The van der Waals surface area contributed by atoms with Gasteiger partial charge in [0, 0.05) is 24.2 Å². The van der Waals surface area contributed by atoms with Gasteiger partial charge in [0.05, 0.1) is 15.9 Å². The number of aromatic nitrogens is 4. The number of fused-ring (bicyclic) bond motifs is 1. The zero-order chi connectivity index (χ0) is 21.9. The Morgan fingerprint density at radius 2 is 1.78 bits per heavy atom. The van der Waals surface area contributed by atoms with Crippen LogP contribution in [0.3, 0.4) is 0 Å². The van der Waals surface area contributed by atoms with Crippen LogP contribution >= 0.6 is 11.3 Å². The van der Waals surface area contributed by atoms with Crippen molar-refractivity contribution in [2.24, 2.45) is 0 Å². The Balaban J connectivity index is 1.40. The van der Waals surface area contributed by atoms with E-state index in [0.717, 1.165) is 37.7 Å². The van der Waals surface area contributed by atoms with Crippen molar-refractivity contribution >= 4 is 38.5 Å². The largest absolute Gasteiger partial charge is 0.368 e. The number of thiazole rings is 1. The fourth-order valence-electron chi connectivity index (χ4n) is 3.38. The Bertz CT molecular complexity index is 1440. The minimum Gasteiger partial charge on any atom is -0.368 e. The number of hydrogen-bond acceptors (Lipinski definition) is 8. The lowest BCUT2D eigenvalue weighted by atomic mass is 10.1. The summed E-state index contributed by atoms with van der Waals surface area (Å²) in [5.41, 5.74) is 11.2. The molecule has 0 aliphatic rings. The molecular weight excluding hydrogens is 418 g/mol. The fourth-order valence-corrected chi connectivity index (χ4v) is 4.29. The van der Waals surface area contributed by atoms with E-state index in [1.165, 1.54) is 11.3 Å². The molecule has 2 aromatic carbocycles. The quantitative estimate of drug-likeness (QED) is 0.402. The second kappa shape index (κ2) is 8.41. The standard InChI is InChI=1S/C24H17N7S/c25-13-18-8-6-17(14-27-18)16-7-9-20-21(11-16)32-24(29-20)31-22-12-19(28-23(26)30-22)10-15-4-2-1-3-5-15/h1-9,11-12,14H,10H2,(H3,26,28,29,30,31). The van der Waals surface area contributed by atoms with Gasteiger partial charge in [-0.25, -0.2) is 15.0 Å². The number of nitrogens with two attached hydrogens (primary N) is 1. The van der Waals surface area contributed by atoms with Gasteiger partial charge in [0.25, 0.3) is 0 Å². The van der Waals surface area contributed by atoms with Crippen LogP contribution in [0.5, 0.6) is 0 Å². The van der Waals surface area contributed by atoms with E-state index in [2.05, 4.69) is 43.5 Å². The number of hydrogen-bond donors (Lipinski definition) is 2. The van der Waals surface area contributed by atoms with Gasteiger partial charge in [-0.3, -0.25) is 0 Å². The topological polar surface area (TPSA) is 113 Å². The summed E-state index contributed by atoms with van der Waals surface area (Å²) in [6.07, 6.45) is 2.38. The Kier molecular flexibility index (Phi) is 5.15.